The third-order valence-corrected chi connectivity index (χ3v) is 7.24. The molecule has 0 radical (unpaired) electrons. The van der Waals surface area contributed by atoms with Crippen LogP contribution < -0.4 is 0 Å². The van der Waals surface area contributed by atoms with Crippen LogP contribution in [0.4, 0.5) is 8.78 Å². The highest BCUT2D eigenvalue weighted by atomic mass is 19.1. The Morgan fingerprint density at radius 1 is 0.750 bits per heavy atom. The van der Waals surface area contributed by atoms with Crippen LogP contribution in [-0.2, 0) is 19.1 Å². The van der Waals surface area contributed by atoms with Crippen molar-refractivity contribution in [3.8, 4) is 0 Å². The minimum Gasteiger partial charge on any atom is -0.458 e. The molecule has 0 saturated heterocycles. The number of carbonyl (C=O) groups is 4. The molecule has 184 valence electrons. The van der Waals surface area contributed by atoms with E-state index in [1.165, 1.54) is 42.5 Å². The molecule has 2 bridgehead atoms. The van der Waals surface area contributed by atoms with Gasteiger partial charge in [0.2, 0.25) is 11.3 Å². The average Bonchev–Trinajstić information content (AvgIpc) is 2.91. The second-order valence-electron chi connectivity index (χ2n) is 9.24. The molecular formula is C28H22F2O6. The Balaban J connectivity index is 1.41. The number of halogens is 2. The Labute approximate surface area is 205 Å². The standard InChI is InChI=1S/C28H22F2O6/c29-27(15-35-25(33)17-7-3-1-4-8-17)21-13-11-20(24(27)32)19-12-14-22(31)28(30,23(19)21)16-36-26(34)18-9-5-2-6-10-18/h1-14,19-21,23H,15-16H2/t19-,20+,21-,23-,27+,28-/m0/s1. The Morgan fingerprint density at radius 3 is 1.83 bits per heavy atom. The van der Waals surface area contributed by atoms with E-state index in [0.29, 0.717) is 0 Å². The largest absolute Gasteiger partial charge is 0.458 e. The highest BCUT2D eigenvalue weighted by Gasteiger charge is 2.68. The summed E-state index contributed by atoms with van der Waals surface area (Å²) in [6, 6.07) is 15.8. The summed E-state index contributed by atoms with van der Waals surface area (Å²) >= 11 is 0. The van der Waals surface area contributed by atoms with Gasteiger partial charge in [0, 0.05) is 17.8 Å². The van der Waals surface area contributed by atoms with Crippen LogP contribution in [0.1, 0.15) is 20.7 Å². The van der Waals surface area contributed by atoms with Crippen LogP contribution >= 0.6 is 0 Å². The molecule has 6 atom stereocenters. The number of alkyl halides is 2. The van der Waals surface area contributed by atoms with Gasteiger partial charge in [0.1, 0.15) is 13.2 Å². The summed E-state index contributed by atoms with van der Waals surface area (Å²) < 4.78 is 43.1. The quantitative estimate of drug-likeness (QED) is 0.450. The first-order valence-electron chi connectivity index (χ1n) is 11.5. The molecule has 8 heteroatoms. The van der Waals surface area contributed by atoms with Crippen molar-refractivity contribution in [2.24, 2.45) is 23.7 Å². The smallest absolute Gasteiger partial charge is 0.338 e. The summed E-state index contributed by atoms with van der Waals surface area (Å²) in [5.74, 6) is -8.05. The van der Waals surface area contributed by atoms with Crippen molar-refractivity contribution in [1.29, 1.82) is 0 Å². The molecule has 0 N–H and O–H groups in total. The summed E-state index contributed by atoms with van der Waals surface area (Å²) in [6.45, 7) is -1.86. The van der Waals surface area contributed by atoms with Crippen molar-refractivity contribution in [2.45, 2.75) is 11.3 Å². The Morgan fingerprint density at radius 2 is 1.28 bits per heavy atom. The number of esters is 2. The van der Waals surface area contributed by atoms with Gasteiger partial charge in [0.05, 0.1) is 11.1 Å². The third-order valence-electron chi connectivity index (χ3n) is 7.24. The van der Waals surface area contributed by atoms with E-state index in [2.05, 4.69) is 0 Å². The summed E-state index contributed by atoms with van der Waals surface area (Å²) in [5, 5.41) is 0. The molecule has 6 nitrogen and oxygen atoms in total. The van der Waals surface area contributed by atoms with Crippen LogP contribution in [0.5, 0.6) is 0 Å². The molecule has 4 aliphatic rings. The van der Waals surface area contributed by atoms with Crippen molar-refractivity contribution in [3.63, 3.8) is 0 Å². The van der Waals surface area contributed by atoms with Crippen molar-refractivity contribution in [3.05, 3.63) is 96.1 Å². The van der Waals surface area contributed by atoms with E-state index in [9.17, 15) is 19.2 Å². The molecule has 0 unspecified atom stereocenters. The first-order chi connectivity index (χ1) is 17.3. The lowest BCUT2D eigenvalue weighted by Gasteiger charge is -2.54. The highest BCUT2D eigenvalue weighted by molar-refractivity contribution is 6.01. The molecule has 0 aromatic heterocycles. The lowest BCUT2D eigenvalue weighted by molar-refractivity contribution is -0.168. The molecule has 0 spiro atoms. The van der Waals surface area contributed by atoms with E-state index < -0.39 is 71.7 Å². The minimum atomic E-state index is -2.76. The molecule has 2 aromatic carbocycles. The molecule has 36 heavy (non-hydrogen) atoms. The lowest BCUT2D eigenvalue weighted by Crippen LogP contribution is -2.67. The number of ketones is 2. The minimum absolute atomic E-state index is 0.171. The van der Waals surface area contributed by atoms with Crippen molar-refractivity contribution in [1.82, 2.24) is 0 Å². The molecule has 6 rings (SSSR count). The number of allylic oxidation sites excluding steroid dienone is 4. The number of benzene rings is 2. The number of rotatable bonds is 6. The predicted octanol–water partition coefficient (Wildman–Crippen LogP) is 3.87. The van der Waals surface area contributed by atoms with Gasteiger partial charge in [-0.15, -0.1) is 0 Å². The second kappa shape index (κ2) is 8.93. The third kappa shape index (κ3) is 3.77. The molecule has 1 saturated carbocycles. The zero-order chi connectivity index (χ0) is 25.5. The van der Waals surface area contributed by atoms with Gasteiger partial charge in [-0.25, -0.2) is 18.4 Å². The second-order valence-corrected chi connectivity index (χ2v) is 9.24. The van der Waals surface area contributed by atoms with E-state index >= 15 is 8.78 Å². The summed E-state index contributed by atoms with van der Waals surface area (Å²) in [4.78, 5) is 50.7. The molecule has 0 heterocycles. The molecule has 1 fully saturated rings. The number of hydrogen-bond acceptors (Lipinski definition) is 6. The monoisotopic (exact) mass is 492 g/mol. The van der Waals surface area contributed by atoms with Crippen molar-refractivity contribution < 1.29 is 37.4 Å². The maximum atomic E-state index is 16.5. The van der Waals surface area contributed by atoms with E-state index in [-0.39, 0.29) is 11.1 Å². The van der Waals surface area contributed by atoms with Crippen LogP contribution in [-0.4, -0.2) is 48.1 Å². The Hall–Kier alpha value is -3.94. The van der Waals surface area contributed by atoms with Gasteiger partial charge >= 0.3 is 11.9 Å². The normalized spacial score (nSPS) is 32.2. The van der Waals surface area contributed by atoms with Crippen LogP contribution in [0.15, 0.2) is 85.0 Å². The van der Waals surface area contributed by atoms with Crippen LogP contribution in [0.2, 0.25) is 0 Å². The van der Waals surface area contributed by atoms with E-state index in [4.69, 9.17) is 9.47 Å². The number of Topliss-reactive ketones (excluding diaryl/α,β-unsaturated/α-hetero) is 1. The maximum absolute atomic E-state index is 16.5. The molecular weight excluding hydrogens is 470 g/mol. The van der Waals surface area contributed by atoms with E-state index in [0.717, 1.165) is 6.08 Å². The Kier molecular flexibility index (Phi) is 5.90. The van der Waals surface area contributed by atoms with E-state index in [1.807, 2.05) is 0 Å². The fourth-order valence-electron chi connectivity index (χ4n) is 5.41. The fourth-order valence-corrected chi connectivity index (χ4v) is 5.41. The summed E-state index contributed by atoms with van der Waals surface area (Å²) in [7, 11) is 0. The van der Waals surface area contributed by atoms with Crippen LogP contribution in [0.25, 0.3) is 0 Å². The van der Waals surface area contributed by atoms with Gasteiger partial charge in [0.25, 0.3) is 0 Å². The van der Waals surface area contributed by atoms with Gasteiger partial charge in [0.15, 0.2) is 11.6 Å². The highest BCUT2D eigenvalue weighted by Crippen LogP contribution is 2.56. The number of ether oxygens (including phenoxy) is 2. The molecule has 0 aliphatic heterocycles. The fraction of sp³-hybridized carbons (Fsp3) is 0.286. The maximum Gasteiger partial charge on any atom is 0.338 e. The van der Waals surface area contributed by atoms with Crippen molar-refractivity contribution in [2.75, 3.05) is 13.2 Å². The number of hydrogen-bond donors (Lipinski definition) is 0. The SMILES string of the molecule is O=C(OC[C@]1(F)C(=O)C=C[C@@H]2[C@H]1[C@@H]1C=C[C@H]2C(=O)[C@@]1(F)COC(=O)c1ccccc1)c1ccccc1. The Bertz CT molecular complexity index is 1270. The zero-order valence-electron chi connectivity index (χ0n) is 19.0. The molecule has 2 aromatic rings. The van der Waals surface area contributed by atoms with Crippen LogP contribution in [0.3, 0.4) is 0 Å². The first-order valence-corrected chi connectivity index (χ1v) is 11.5. The van der Waals surface area contributed by atoms with Gasteiger partial charge in [-0.3, -0.25) is 9.59 Å². The first kappa shape index (κ1) is 23.8. The predicted molar refractivity (Wildman–Crippen MR) is 123 cm³/mol. The molecule has 0 amide bonds. The van der Waals surface area contributed by atoms with E-state index in [1.54, 1.807) is 36.4 Å². The topological polar surface area (TPSA) is 86.7 Å². The summed E-state index contributed by atoms with van der Waals surface area (Å²) in [6.07, 6.45) is 5.30. The molecule has 4 aliphatic carbocycles. The zero-order valence-corrected chi connectivity index (χ0v) is 19.0. The van der Waals surface area contributed by atoms with Crippen molar-refractivity contribution >= 4 is 23.5 Å². The number of carbonyl (C=O) groups excluding carboxylic acids is 4. The van der Waals surface area contributed by atoms with Gasteiger partial charge < -0.3 is 9.47 Å². The average molecular weight is 492 g/mol. The van der Waals surface area contributed by atoms with Gasteiger partial charge in [-0.1, -0.05) is 54.6 Å². The number of fused-ring (bicyclic) bond motifs is 1. The lowest BCUT2D eigenvalue weighted by atomic mass is 9.50. The summed E-state index contributed by atoms with van der Waals surface area (Å²) in [5.41, 5.74) is -5.16. The van der Waals surface area contributed by atoms with Crippen LogP contribution in [0, 0.1) is 23.7 Å². The van der Waals surface area contributed by atoms with Gasteiger partial charge in [-0.05, 0) is 36.3 Å². The van der Waals surface area contributed by atoms with Gasteiger partial charge in [-0.2, -0.15) is 0 Å².